The predicted molar refractivity (Wildman–Crippen MR) is 83.7 cm³/mol. The van der Waals surface area contributed by atoms with Crippen molar-refractivity contribution >= 4 is 21.9 Å². The first kappa shape index (κ1) is 15.3. The van der Waals surface area contributed by atoms with Crippen molar-refractivity contribution in [3.05, 3.63) is 59.7 Å². The minimum Gasteiger partial charge on any atom is -0.454 e. The fourth-order valence-corrected chi connectivity index (χ4v) is 2.61. The molecule has 0 radical (unpaired) electrons. The third kappa shape index (κ3) is 3.41. The fraction of sp³-hybridized carbons (Fsp3) is 0.0625. The van der Waals surface area contributed by atoms with E-state index in [1.54, 1.807) is 24.3 Å². The molecule has 3 rings (SSSR count). The lowest BCUT2D eigenvalue weighted by atomic mass is 10.1. The number of carbonyl (C=O) groups excluding carboxylic acids is 1. The number of nitrogens with two attached hydrogens (primary N) is 1. The molecule has 0 fully saturated rings. The highest BCUT2D eigenvalue weighted by molar-refractivity contribution is 7.89. The Morgan fingerprint density at radius 1 is 1.04 bits per heavy atom. The minimum absolute atomic E-state index is 0.0335. The molecular weight excluding hydrogens is 318 g/mol. The van der Waals surface area contributed by atoms with E-state index in [1.165, 1.54) is 30.3 Å². The number of sulfonamides is 1. The number of carbonyl (C=O) groups is 1. The molecule has 118 valence electrons. The van der Waals surface area contributed by atoms with Gasteiger partial charge in [-0.3, -0.25) is 4.79 Å². The normalized spacial score (nSPS) is 13.4. The highest BCUT2D eigenvalue weighted by Crippen LogP contribution is 2.32. The van der Waals surface area contributed by atoms with E-state index in [4.69, 9.17) is 14.6 Å². The zero-order valence-corrected chi connectivity index (χ0v) is 12.7. The van der Waals surface area contributed by atoms with Gasteiger partial charge in [-0.05, 0) is 48.0 Å². The average molecular weight is 331 g/mol. The Morgan fingerprint density at radius 2 is 1.74 bits per heavy atom. The summed E-state index contributed by atoms with van der Waals surface area (Å²) in [4.78, 5) is 12.1. The summed E-state index contributed by atoms with van der Waals surface area (Å²) < 4.78 is 32.8. The molecule has 0 unspecified atom stereocenters. The summed E-state index contributed by atoms with van der Waals surface area (Å²) in [5, 5.41) is 5.01. The van der Waals surface area contributed by atoms with Gasteiger partial charge in [0.25, 0.3) is 0 Å². The van der Waals surface area contributed by atoms with Gasteiger partial charge in [0.15, 0.2) is 17.3 Å². The molecule has 7 heteroatoms. The van der Waals surface area contributed by atoms with Crippen LogP contribution in [0.2, 0.25) is 0 Å². The summed E-state index contributed by atoms with van der Waals surface area (Å²) in [6, 6.07) is 10.8. The molecule has 23 heavy (non-hydrogen) atoms. The van der Waals surface area contributed by atoms with Gasteiger partial charge in [0.2, 0.25) is 16.8 Å². The Balaban J connectivity index is 1.76. The number of allylic oxidation sites excluding steroid dienone is 1. The van der Waals surface area contributed by atoms with Crippen LogP contribution in [-0.2, 0) is 10.0 Å². The van der Waals surface area contributed by atoms with Crippen LogP contribution >= 0.6 is 0 Å². The second kappa shape index (κ2) is 5.86. The number of rotatable bonds is 4. The standard InChI is InChI=1S/C16H13NO5S/c17-23(19,20)13-5-3-12(4-6-13)14(18)7-1-11-2-8-15-16(9-11)22-10-21-15/h1-9H,10H2,(H2,17,19,20)/b7-1+. The van der Waals surface area contributed by atoms with Crippen molar-refractivity contribution in [3.63, 3.8) is 0 Å². The largest absolute Gasteiger partial charge is 0.454 e. The van der Waals surface area contributed by atoms with E-state index in [9.17, 15) is 13.2 Å². The first-order valence-electron chi connectivity index (χ1n) is 6.68. The van der Waals surface area contributed by atoms with E-state index in [1.807, 2.05) is 0 Å². The second-order valence-electron chi connectivity index (χ2n) is 4.88. The molecule has 0 atom stereocenters. The van der Waals surface area contributed by atoms with Crippen molar-refractivity contribution in [1.82, 2.24) is 0 Å². The van der Waals surface area contributed by atoms with Gasteiger partial charge in [0, 0.05) is 5.56 Å². The van der Waals surface area contributed by atoms with Crippen molar-refractivity contribution in [3.8, 4) is 11.5 Å². The van der Waals surface area contributed by atoms with E-state index in [-0.39, 0.29) is 17.5 Å². The van der Waals surface area contributed by atoms with Crippen LogP contribution in [0.25, 0.3) is 6.08 Å². The van der Waals surface area contributed by atoms with Crippen LogP contribution in [0.15, 0.2) is 53.4 Å². The molecule has 0 aliphatic carbocycles. The topological polar surface area (TPSA) is 95.7 Å². The quantitative estimate of drug-likeness (QED) is 0.682. The van der Waals surface area contributed by atoms with E-state index in [0.29, 0.717) is 17.1 Å². The predicted octanol–water partition coefficient (Wildman–Crippen LogP) is 1.96. The van der Waals surface area contributed by atoms with E-state index >= 15 is 0 Å². The average Bonchev–Trinajstić information content (AvgIpc) is 2.99. The number of fused-ring (bicyclic) bond motifs is 1. The van der Waals surface area contributed by atoms with Crippen LogP contribution in [0.4, 0.5) is 0 Å². The SMILES string of the molecule is NS(=O)(=O)c1ccc(C(=O)/C=C/c2ccc3c(c2)OCO3)cc1. The molecule has 1 aliphatic rings. The van der Waals surface area contributed by atoms with Crippen molar-refractivity contribution in [2.24, 2.45) is 5.14 Å². The van der Waals surface area contributed by atoms with E-state index in [2.05, 4.69) is 0 Å². The highest BCUT2D eigenvalue weighted by Gasteiger charge is 2.12. The van der Waals surface area contributed by atoms with Crippen LogP contribution in [0.5, 0.6) is 11.5 Å². The van der Waals surface area contributed by atoms with Gasteiger partial charge in [-0.2, -0.15) is 0 Å². The Bertz CT molecular complexity index is 885. The number of hydrogen-bond donors (Lipinski definition) is 1. The second-order valence-corrected chi connectivity index (χ2v) is 6.44. The van der Waals surface area contributed by atoms with Crippen molar-refractivity contribution < 1.29 is 22.7 Å². The van der Waals surface area contributed by atoms with E-state index in [0.717, 1.165) is 5.56 Å². The van der Waals surface area contributed by atoms with Gasteiger partial charge in [-0.15, -0.1) is 0 Å². The van der Waals surface area contributed by atoms with Gasteiger partial charge in [-0.25, -0.2) is 13.6 Å². The summed E-state index contributed by atoms with van der Waals surface area (Å²) in [6.07, 6.45) is 3.06. The molecule has 1 heterocycles. The number of hydrogen-bond acceptors (Lipinski definition) is 5. The first-order chi connectivity index (χ1) is 10.9. The Hall–Kier alpha value is -2.64. The maximum atomic E-state index is 12.1. The zero-order chi connectivity index (χ0) is 16.4. The Labute approximate surface area is 133 Å². The van der Waals surface area contributed by atoms with Crippen molar-refractivity contribution in [2.75, 3.05) is 6.79 Å². The molecule has 1 aliphatic heterocycles. The van der Waals surface area contributed by atoms with Crippen LogP contribution in [-0.4, -0.2) is 21.0 Å². The molecule has 0 saturated heterocycles. The van der Waals surface area contributed by atoms with Crippen LogP contribution in [0, 0.1) is 0 Å². The minimum atomic E-state index is -3.76. The van der Waals surface area contributed by atoms with Crippen LogP contribution in [0.3, 0.4) is 0 Å². The molecule has 2 N–H and O–H groups in total. The monoisotopic (exact) mass is 331 g/mol. The lowest BCUT2D eigenvalue weighted by Gasteiger charge is -2.00. The fourth-order valence-electron chi connectivity index (χ4n) is 2.09. The zero-order valence-electron chi connectivity index (χ0n) is 11.9. The summed E-state index contributed by atoms with van der Waals surface area (Å²) in [6.45, 7) is 0.192. The maximum absolute atomic E-state index is 12.1. The van der Waals surface area contributed by atoms with Crippen molar-refractivity contribution in [1.29, 1.82) is 0 Å². The molecule has 2 aromatic carbocycles. The first-order valence-corrected chi connectivity index (χ1v) is 8.23. The third-order valence-electron chi connectivity index (χ3n) is 3.29. The maximum Gasteiger partial charge on any atom is 0.238 e. The van der Waals surface area contributed by atoms with Gasteiger partial charge in [-0.1, -0.05) is 12.1 Å². The van der Waals surface area contributed by atoms with Gasteiger partial charge < -0.3 is 9.47 Å². The molecular formula is C16H13NO5S. The number of benzene rings is 2. The molecule has 0 saturated carbocycles. The van der Waals surface area contributed by atoms with Crippen LogP contribution in [0.1, 0.15) is 15.9 Å². The summed E-state index contributed by atoms with van der Waals surface area (Å²) in [5.41, 5.74) is 1.16. The van der Waals surface area contributed by atoms with Crippen LogP contribution < -0.4 is 14.6 Å². The summed E-state index contributed by atoms with van der Waals surface area (Å²) in [7, 11) is -3.76. The molecule has 0 bridgehead atoms. The number of ether oxygens (including phenoxy) is 2. The number of primary sulfonamides is 1. The van der Waals surface area contributed by atoms with Gasteiger partial charge in [0.1, 0.15) is 0 Å². The Kier molecular flexibility index (Phi) is 3.89. The molecule has 2 aromatic rings. The lowest BCUT2D eigenvalue weighted by molar-refractivity contribution is 0.104. The molecule has 0 amide bonds. The van der Waals surface area contributed by atoms with Gasteiger partial charge >= 0.3 is 0 Å². The van der Waals surface area contributed by atoms with Crippen molar-refractivity contribution in [2.45, 2.75) is 4.90 Å². The Morgan fingerprint density at radius 3 is 2.43 bits per heavy atom. The van der Waals surface area contributed by atoms with E-state index < -0.39 is 10.0 Å². The van der Waals surface area contributed by atoms with Gasteiger partial charge in [0.05, 0.1) is 4.90 Å². The highest BCUT2D eigenvalue weighted by atomic mass is 32.2. The lowest BCUT2D eigenvalue weighted by Crippen LogP contribution is -2.12. The smallest absolute Gasteiger partial charge is 0.238 e. The summed E-state index contributed by atoms with van der Waals surface area (Å²) >= 11 is 0. The summed E-state index contributed by atoms with van der Waals surface area (Å²) in [5.74, 6) is 1.06. The molecule has 6 nitrogen and oxygen atoms in total. The molecule has 0 spiro atoms. The third-order valence-corrected chi connectivity index (χ3v) is 4.22. The number of ketones is 1. The molecule has 0 aromatic heterocycles.